The maximum Gasteiger partial charge on any atom is 0.193 e. The van der Waals surface area contributed by atoms with E-state index in [0.717, 1.165) is 13.8 Å². The van der Waals surface area contributed by atoms with Crippen molar-refractivity contribution in [1.29, 1.82) is 0 Å². The minimum absolute atomic E-state index is 0.0106. The number of hydrogen-bond acceptors (Lipinski definition) is 3. The number of hydrogen-bond donors (Lipinski definition) is 0. The van der Waals surface area contributed by atoms with Crippen LogP contribution in [0.4, 0.5) is 0 Å². The third-order valence-corrected chi connectivity index (χ3v) is 4.05. The Morgan fingerprint density at radius 1 is 1.44 bits per heavy atom. The van der Waals surface area contributed by atoms with Gasteiger partial charge in [-0.3, -0.25) is 4.79 Å². The molecule has 0 amide bonds. The van der Waals surface area contributed by atoms with Gasteiger partial charge in [-0.1, -0.05) is 34.6 Å². The summed E-state index contributed by atoms with van der Waals surface area (Å²) < 4.78 is 7.54. The van der Waals surface area contributed by atoms with Crippen molar-refractivity contribution in [2.24, 2.45) is 0 Å². The molecule has 0 spiro atoms. The minimum atomic E-state index is 0.0106. The summed E-state index contributed by atoms with van der Waals surface area (Å²) in [5, 5.41) is 1.31. The molecule has 16 heavy (non-hydrogen) atoms. The van der Waals surface area contributed by atoms with E-state index >= 15 is 0 Å². The van der Waals surface area contributed by atoms with E-state index in [4.69, 9.17) is 4.42 Å². The van der Waals surface area contributed by atoms with E-state index in [2.05, 4.69) is 38.5 Å². The zero-order valence-electron chi connectivity index (χ0n) is 8.42. The average molecular weight is 411 g/mol. The van der Waals surface area contributed by atoms with Crippen LogP contribution in [0, 0.1) is 3.57 Å². The molecular weight excluding hydrogens is 403 g/mol. The number of thioether (sulfide) groups is 1. The second-order valence-corrected chi connectivity index (χ2v) is 6.47. The fourth-order valence-electron chi connectivity index (χ4n) is 1.38. The van der Waals surface area contributed by atoms with Crippen LogP contribution in [-0.4, -0.2) is 5.75 Å². The largest absolute Gasteiger partial charge is 0.448 e. The van der Waals surface area contributed by atoms with E-state index in [-0.39, 0.29) is 5.43 Å². The van der Waals surface area contributed by atoms with Crippen molar-refractivity contribution in [3.8, 4) is 0 Å². The highest BCUT2D eigenvalue weighted by Crippen LogP contribution is 2.27. The van der Waals surface area contributed by atoms with E-state index in [9.17, 15) is 4.79 Å². The predicted octanol–water partition coefficient (Wildman–Crippen LogP) is 4.27. The first-order valence-electron chi connectivity index (χ1n) is 4.67. The topological polar surface area (TPSA) is 30.2 Å². The standard InChI is InChI=1S/C11H8BrIO2S/c1-2-16-10-5-9(14)7-3-6(12)4-8(13)11(7)15-10/h3-5H,2H2,1H3. The summed E-state index contributed by atoms with van der Waals surface area (Å²) in [6, 6.07) is 5.29. The zero-order chi connectivity index (χ0) is 11.7. The molecule has 0 aliphatic carbocycles. The van der Waals surface area contributed by atoms with Crippen LogP contribution in [0.25, 0.3) is 11.0 Å². The van der Waals surface area contributed by atoms with Crippen LogP contribution in [-0.2, 0) is 0 Å². The van der Waals surface area contributed by atoms with Crippen LogP contribution >= 0.6 is 50.3 Å². The maximum absolute atomic E-state index is 11.9. The van der Waals surface area contributed by atoms with E-state index < -0.39 is 0 Å². The lowest BCUT2D eigenvalue weighted by Gasteiger charge is -2.03. The van der Waals surface area contributed by atoms with Gasteiger partial charge >= 0.3 is 0 Å². The van der Waals surface area contributed by atoms with Crippen LogP contribution < -0.4 is 5.43 Å². The third kappa shape index (κ3) is 2.46. The Morgan fingerprint density at radius 2 is 2.19 bits per heavy atom. The molecule has 0 unspecified atom stereocenters. The molecule has 1 aromatic heterocycles. The van der Waals surface area contributed by atoms with Crippen LogP contribution in [0.5, 0.6) is 0 Å². The van der Waals surface area contributed by atoms with E-state index in [0.29, 0.717) is 16.1 Å². The van der Waals surface area contributed by atoms with Gasteiger partial charge in [0.05, 0.1) is 8.96 Å². The van der Waals surface area contributed by atoms with Crippen LogP contribution in [0.1, 0.15) is 6.92 Å². The summed E-state index contributed by atoms with van der Waals surface area (Å²) in [7, 11) is 0. The first-order chi connectivity index (χ1) is 7.61. The zero-order valence-corrected chi connectivity index (χ0v) is 13.0. The van der Waals surface area contributed by atoms with Crippen molar-refractivity contribution in [2.75, 3.05) is 5.75 Å². The smallest absolute Gasteiger partial charge is 0.193 e. The molecule has 0 aliphatic rings. The highest BCUT2D eigenvalue weighted by atomic mass is 127. The van der Waals surface area contributed by atoms with Gasteiger partial charge in [0.1, 0.15) is 0 Å². The van der Waals surface area contributed by atoms with Gasteiger partial charge in [0.25, 0.3) is 0 Å². The fourth-order valence-corrected chi connectivity index (χ4v) is 3.61. The second-order valence-electron chi connectivity index (χ2n) is 3.13. The van der Waals surface area contributed by atoms with Crippen molar-refractivity contribution >= 4 is 61.3 Å². The molecule has 0 saturated heterocycles. The molecule has 0 saturated carbocycles. The first kappa shape index (κ1) is 12.4. The van der Waals surface area contributed by atoms with Crippen molar-refractivity contribution < 1.29 is 4.42 Å². The molecule has 0 bridgehead atoms. The van der Waals surface area contributed by atoms with Gasteiger partial charge < -0.3 is 4.42 Å². The van der Waals surface area contributed by atoms with E-state index in [1.807, 2.05) is 13.0 Å². The quantitative estimate of drug-likeness (QED) is 0.547. The van der Waals surface area contributed by atoms with Crippen LogP contribution in [0.2, 0.25) is 0 Å². The Hall–Kier alpha value is -0.0100. The normalized spacial score (nSPS) is 10.9. The molecule has 84 valence electrons. The minimum Gasteiger partial charge on any atom is -0.448 e. The Morgan fingerprint density at radius 3 is 2.88 bits per heavy atom. The average Bonchev–Trinajstić information content (AvgIpc) is 2.20. The van der Waals surface area contributed by atoms with Gasteiger partial charge in [-0.25, -0.2) is 0 Å². The summed E-state index contributed by atoms with van der Waals surface area (Å²) >= 11 is 7.09. The number of benzene rings is 1. The SMILES string of the molecule is CCSc1cc(=O)c2cc(Br)cc(I)c2o1. The molecule has 5 heteroatoms. The maximum atomic E-state index is 11.9. The molecule has 0 aliphatic heterocycles. The van der Waals surface area contributed by atoms with Crippen molar-refractivity contribution in [2.45, 2.75) is 12.0 Å². The van der Waals surface area contributed by atoms with Crippen molar-refractivity contribution in [3.63, 3.8) is 0 Å². The van der Waals surface area contributed by atoms with Crippen LogP contribution in [0.3, 0.4) is 0 Å². The fraction of sp³-hybridized carbons (Fsp3) is 0.182. The van der Waals surface area contributed by atoms with Gasteiger partial charge in [-0.15, -0.1) is 0 Å². The van der Waals surface area contributed by atoms with Gasteiger partial charge in [0, 0.05) is 10.5 Å². The number of halogens is 2. The Labute approximate surface area is 119 Å². The summed E-state index contributed by atoms with van der Waals surface area (Å²) in [4.78, 5) is 11.9. The van der Waals surface area contributed by atoms with Crippen molar-refractivity contribution in [3.05, 3.63) is 36.5 Å². The summed E-state index contributed by atoms with van der Waals surface area (Å²) in [5.74, 6) is 0.890. The molecular formula is C11H8BrIO2S. The summed E-state index contributed by atoms with van der Waals surface area (Å²) in [5.41, 5.74) is 0.684. The molecule has 0 fully saturated rings. The molecule has 0 atom stereocenters. The van der Waals surface area contributed by atoms with Gasteiger partial charge in [0.2, 0.25) is 0 Å². The lowest BCUT2D eigenvalue weighted by atomic mass is 10.2. The van der Waals surface area contributed by atoms with Crippen molar-refractivity contribution in [1.82, 2.24) is 0 Å². The molecule has 2 rings (SSSR count). The summed E-state index contributed by atoms with van der Waals surface area (Å²) in [6.45, 7) is 2.03. The molecule has 1 aromatic carbocycles. The lowest BCUT2D eigenvalue weighted by molar-refractivity contribution is 0.498. The molecule has 1 heterocycles. The third-order valence-electron chi connectivity index (χ3n) is 2.01. The Balaban J connectivity index is 2.77. The molecule has 2 nitrogen and oxygen atoms in total. The van der Waals surface area contributed by atoms with Gasteiger partial charge in [-0.2, -0.15) is 0 Å². The Kier molecular flexibility index (Phi) is 3.97. The van der Waals surface area contributed by atoms with Crippen LogP contribution in [0.15, 0.2) is 37.0 Å². The van der Waals surface area contributed by atoms with Gasteiger partial charge in [0.15, 0.2) is 16.1 Å². The Bertz CT molecular complexity index is 594. The first-order valence-corrected chi connectivity index (χ1v) is 7.53. The molecule has 2 aromatic rings. The lowest BCUT2D eigenvalue weighted by Crippen LogP contribution is -2.01. The molecule has 0 N–H and O–H groups in total. The second kappa shape index (κ2) is 5.10. The number of rotatable bonds is 2. The monoisotopic (exact) mass is 410 g/mol. The highest BCUT2D eigenvalue weighted by molar-refractivity contribution is 14.1. The van der Waals surface area contributed by atoms with E-state index in [1.165, 1.54) is 11.8 Å². The van der Waals surface area contributed by atoms with E-state index in [1.54, 1.807) is 12.1 Å². The summed E-state index contributed by atoms with van der Waals surface area (Å²) in [6.07, 6.45) is 0. The molecule has 0 radical (unpaired) electrons. The predicted molar refractivity (Wildman–Crippen MR) is 79.3 cm³/mol. The number of fused-ring (bicyclic) bond motifs is 1. The highest BCUT2D eigenvalue weighted by Gasteiger charge is 2.09. The van der Waals surface area contributed by atoms with Gasteiger partial charge in [-0.05, 0) is 40.5 Å².